The van der Waals surface area contributed by atoms with Crippen molar-refractivity contribution in [1.29, 1.82) is 0 Å². The normalized spacial score (nSPS) is 14.9. The number of nitrogens with zero attached hydrogens (tertiary/aromatic N) is 1. The Morgan fingerprint density at radius 3 is 2.71 bits per heavy atom. The van der Waals surface area contributed by atoms with Gasteiger partial charge in [0.2, 0.25) is 0 Å². The zero-order valence-corrected chi connectivity index (χ0v) is 10.7. The second-order valence-corrected chi connectivity index (χ2v) is 5.41. The molecule has 1 aromatic carbocycles. The van der Waals surface area contributed by atoms with Crippen LogP contribution in [0.5, 0.6) is 5.75 Å². The Morgan fingerprint density at radius 1 is 1.29 bits per heavy atom. The quantitative estimate of drug-likeness (QED) is 0.820. The van der Waals surface area contributed by atoms with Crippen molar-refractivity contribution in [2.24, 2.45) is 0 Å². The molecule has 1 aliphatic rings. The summed E-state index contributed by atoms with van der Waals surface area (Å²) in [5, 5.41) is 3.44. The standard InChI is InChI=1S/C14H15NOS/c1-16-12-6-2-10(3-7-12)8-14-15-13(9-17-14)11-4-5-11/h2-3,6-7,9,11H,4-5,8H2,1H3. The van der Waals surface area contributed by atoms with Crippen molar-refractivity contribution in [3.63, 3.8) is 0 Å². The molecule has 1 saturated carbocycles. The highest BCUT2D eigenvalue weighted by Crippen LogP contribution is 2.40. The Bertz CT molecular complexity index is 499. The van der Waals surface area contributed by atoms with E-state index in [0.717, 1.165) is 18.1 Å². The second kappa shape index (κ2) is 4.49. The predicted molar refractivity (Wildman–Crippen MR) is 69.9 cm³/mol. The first kappa shape index (κ1) is 10.8. The maximum atomic E-state index is 5.15. The number of aromatic nitrogens is 1. The van der Waals surface area contributed by atoms with Gasteiger partial charge in [0.15, 0.2) is 0 Å². The first-order valence-electron chi connectivity index (χ1n) is 5.92. The third kappa shape index (κ3) is 2.50. The van der Waals surface area contributed by atoms with Gasteiger partial charge in [-0.1, -0.05) is 12.1 Å². The van der Waals surface area contributed by atoms with Crippen molar-refractivity contribution < 1.29 is 4.74 Å². The summed E-state index contributed by atoms with van der Waals surface area (Å²) in [7, 11) is 1.69. The average Bonchev–Trinajstić information content (AvgIpc) is 3.12. The molecule has 0 N–H and O–H groups in total. The van der Waals surface area contributed by atoms with E-state index < -0.39 is 0 Å². The third-order valence-electron chi connectivity index (χ3n) is 3.08. The Kier molecular flexibility index (Phi) is 2.85. The van der Waals surface area contributed by atoms with Crippen LogP contribution in [0.1, 0.15) is 35.0 Å². The van der Waals surface area contributed by atoms with Crippen LogP contribution in [0.3, 0.4) is 0 Å². The first-order valence-corrected chi connectivity index (χ1v) is 6.80. The zero-order valence-electron chi connectivity index (χ0n) is 9.85. The Labute approximate surface area is 105 Å². The third-order valence-corrected chi connectivity index (χ3v) is 3.95. The number of hydrogen-bond acceptors (Lipinski definition) is 3. The van der Waals surface area contributed by atoms with Gasteiger partial charge in [0, 0.05) is 17.7 Å². The van der Waals surface area contributed by atoms with E-state index in [2.05, 4.69) is 17.5 Å². The van der Waals surface area contributed by atoms with Crippen LogP contribution >= 0.6 is 11.3 Å². The molecule has 0 bridgehead atoms. The molecule has 0 saturated heterocycles. The summed E-state index contributed by atoms with van der Waals surface area (Å²) in [5.74, 6) is 1.67. The molecule has 0 atom stereocenters. The van der Waals surface area contributed by atoms with E-state index in [0.29, 0.717) is 0 Å². The number of benzene rings is 1. The molecule has 1 fully saturated rings. The molecule has 0 spiro atoms. The van der Waals surface area contributed by atoms with Crippen LogP contribution in [-0.4, -0.2) is 12.1 Å². The van der Waals surface area contributed by atoms with Gasteiger partial charge in [-0.15, -0.1) is 11.3 Å². The lowest BCUT2D eigenvalue weighted by Gasteiger charge is -2.01. The second-order valence-electron chi connectivity index (χ2n) is 4.47. The molecule has 3 heteroatoms. The van der Waals surface area contributed by atoms with Crippen molar-refractivity contribution in [3.05, 3.63) is 45.9 Å². The number of thiazole rings is 1. The predicted octanol–water partition coefficient (Wildman–Crippen LogP) is 3.62. The summed E-state index contributed by atoms with van der Waals surface area (Å²) in [6, 6.07) is 8.23. The van der Waals surface area contributed by atoms with Crippen LogP contribution in [0.2, 0.25) is 0 Å². The van der Waals surface area contributed by atoms with Gasteiger partial charge >= 0.3 is 0 Å². The molecule has 2 nitrogen and oxygen atoms in total. The van der Waals surface area contributed by atoms with Crippen molar-refractivity contribution in [2.45, 2.75) is 25.2 Å². The lowest BCUT2D eigenvalue weighted by atomic mass is 10.1. The molecule has 88 valence electrons. The van der Waals surface area contributed by atoms with E-state index >= 15 is 0 Å². The molecule has 3 rings (SSSR count). The molecule has 17 heavy (non-hydrogen) atoms. The fraction of sp³-hybridized carbons (Fsp3) is 0.357. The molecule has 0 unspecified atom stereocenters. The molecule has 1 aromatic heterocycles. The Balaban J connectivity index is 1.71. The van der Waals surface area contributed by atoms with Gasteiger partial charge in [0.25, 0.3) is 0 Å². The van der Waals surface area contributed by atoms with Crippen molar-refractivity contribution >= 4 is 11.3 Å². The molecule has 0 radical (unpaired) electrons. The maximum Gasteiger partial charge on any atom is 0.118 e. The number of ether oxygens (including phenoxy) is 1. The highest BCUT2D eigenvalue weighted by atomic mass is 32.1. The van der Waals surface area contributed by atoms with E-state index in [4.69, 9.17) is 9.72 Å². The van der Waals surface area contributed by atoms with Crippen molar-refractivity contribution in [1.82, 2.24) is 4.98 Å². The largest absolute Gasteiger partial charge is 0.497 e. The van der Waals surface area contributed by atoms with Crippen LogP contribution in [0.4, 0.5) is 0 Å². The number of rotatable bonds is 4. The van der Waals surface area contributed by atoms with Crippen LogP contribution in [-0.2, 0) is 6.42 Å². The molecular formula is C14H15NOS. The molecular weight excluding hydrogens is 230 g/mol. The lowest BCUT2D eigenvalue weighted by Crippen LogP contribution is -1.89. The van der Waals surface area contributed by atoms with E-state index in [1.54, 1.807) is 18.4 Å². The van der Waals surface area contributed by atoms with Gasteiger partial charge in [-0.05, 0) is 30.5 Å². The Morgan fingerprint density at radius 2 is 2.06 bits per heavy atom. The van der Waals surface area contributed by atoms with Crippen LogP contribution in [0.15, 0.2) is 29.6 Å². The van der Waals surface area contributed by atoms with Gasteiger partial charge in [-0.25, -0.2) is 4.98 Å². The summed E-state index contributed by atoms with van der Waals surface area (Å²) in [5.41, 5.74) is 2.60. The first-order chi connectivity index (χ1) is 8.35. The average molecular weight is 245 g/mol. The van der Waals surface area contributed by atoms with E-state index in [9.17, 15) is 0 Å². The van der Waals surface area contributed by atoms with Crippen molar-refractivity contribution in [3.8, 4) is 5.75 Å². The van der Waals surface area contributed by atoms with Crippen LogP contribution < -0.4 is 4.74 Å². The summed E-state index contributed by atoms with van der Waals surface area (Å²) in [6.07, 6.45) is 3.58. The summed E-state index contributed by atoms with van der Waals surface area (Å²) < 4.78 is 5.15. The summed E-state index contributed by atoms with van der Waals surface area (Å²) in [6.45, 7) is 0. The Hall–Kier alpha value is -1.35. The number of methoxy groups -OCH3 is 1. The van der Waals surface area contributed by atoms with Gasteiger partial charge in [-0.3, -0.25) is 0 Å². The molecule has 1 heterocycles. The summed E-state index contributed by atoms with van der Waals surface area (Å²) >= 11 is 1.78. The fourth-order valence-corrected chi connectivity index (χ4v) is 2.80. The van der Waals surface area contributed by atoms with Gasteiger partial charge in [-0.2, -0.15) is 0 Å². The minimum absolute atomic E-state index is 0.760. The highest BCUT2D eigenvalue weighted by Gasteiger charge is 2.25. The monoisotopic (exact) mass is 245 g/mol. The van der Waals surface area contributed by atoms with E-state index in [1.165, 1.54) is 29.1 Å². The van der Waals surface area contributed by atoms with Gasteiger partial charge < -0.3 is 4.74 Å². The van der Waals surface area contributed by atoms with Gasteiger partial charge in [0.05, 0.1) is 17.8 Å². The zero-order chi connectivity index (χ0) is 11.7. The maximum absolute atomic E-state index is 5.15. The molecule has 0 aliphatic heterocycles. The minimum atomic E-state index is 0.760. The van der Waals surface area contributed by atoms with E-state index in [-0.39, 0.29) is 0 Å². The smallest absolute Gasteiger partial charge is 0.118 e. The molecule has 1 aliphatic carbocycles. The van der Waals surface area contributed by atoms with Crippen LogP contribution in [0.25, 0.3) is 0 Å². The summed E-state index contributed by atoms with van der Waals surface area (Å²) in [4.78, 5) is 4.70. The van der Waals surface area contributed by atoms with Gasteiger partial charge in [0.1, 0.15) is 5.75 Å². The number of hydrogen-bond donors (Lipinski definition) is 0. The highest BCUT2D eigenvalue weighted by molar-refractivity contribution is 7.09. The minimum Gasteiger partial charge on any atom is -0.497 e. The van der Waals surface area contributed by atoms with E-state index in [1.807, 2.05) is 12.1 Å². The molecule has 0 amide bonds. The lowest BCUT2D eigenvalue weighted by molar-refractivity contribution is 0.414. The van der Waals surface area contributed by atoms with Crippen LogP contribution in [0, 0.1) is 0 Å². The SMILES string of the molecule is COc1ccc(Cc2nc(C3CC3)cs2)cc1. The molecule has 2 aromatic rings. The topological polar surface area (TPSA) is 22.1 Å². The van der Waals surface area contributed by atoms with Crippen molar-refractivity contribution in [2.75, 3.05) is 7.11 Å². The fourth-order valence-electron chi connectivity index (χ4n) is 1.89.